The molecule has 6 nitrogen and oxygen atoms in total. The van der Waals surface area contributed by atoms with Crippen molar-refractivity contribution in [1.82, 2.24) is 14.4 Å². The summed E-state index contributed by atoms with van der Waals surface area (Å²) in [6.07, 6.45) is 5.54. The molecule has 3 aromatic rings. The third-order valence-electron chi connectivity index (χ3n) is 3.85. The molecule has 1 N–H and O–H groups in total. The first-order valence-corrected chi connectivity index (χ1v) is 8.28. The van der Waals surface area contributed by atoms with Crippen LogP contribution in [0.2, 0.25) is 0 Å². The van der Waals surface area contributed by atoms with E-state index in [1.54, 1.807) is 6.20 Å². The lowest BCUT2D eigenvalue weighted by Gasteiger charge is -2.28. The number of hydrogen-bond donors (Lipinski definition) is 1. The van der Waals surface area contributed by atoms with Crippen LogP contribution in [-0.4, -0.2) is 40.7 Å². The summed E-state index contributed by atoms with van der Waals surface area (Å²) in [5, 5.41) is 3.34. The number of benzene rings is 1. The predicted octanol–water partition coefficient (Wildman–Crippen LogP) is 3.07. The number of morpholine rings is 1. The summed E-state index contributed by atoms with van der Waals surface area (Å²) < 4.78 is 8.08. The number of hydrogen-bond acceptors (Lipinski definition) is 5. The van der Waals surface area contributed by atoms with Crippen molar-refractivity contribution in [2.75, 3.05) is 36.5 Å². The Morgan fingerprint density at radius 2 is 1.91 bits per heavy atom. The number of fused-ring (bicyclic) bond motifs is 1. The van der Waals surface area contributed by atoms with Gasteiger partial charge in [0.05, 0.1) is 13.2 Å². The largest absolute Gasteiger partial charge is 0.378 e. The van der Waals surface area contributed by atoms with Gasteiger partial charge in [-0.1, -0.05) is 0 Å². The smallest absolute Gasteiger partial charge is 0.180 e. The summed E-state index contributed by atoms with van der Waals surface area (Å²) in [6, 6.07) is 8.36. The normalized spacial score (nSPS) is 15.1. The zero-order chi connectivity index (χ0) is 15.6. The van der Waals surface area contributed by atoms with Crippen LogP contribution in [0.15, 0.2) is 47.5 Å². The van der Waals surface area contributed by atoms with Gasteiger partial charge in [0.2, 0.25) is 0 Å². The molecule has 118 valence electrons. The molecule has 7 heteroatoms. The average Bonchev–Trinajstić information content (AvgIpc) is 3.05. The predicted molar refractivity (Wildman–Crippen MR) is 93.4 cm³/mol. The van der Waals surface area contributed by atoms with Gasteiger partial charge < -0.3 is 19.4 Å². The third kappa shape index (κ3) is 3.02. The molecule has 0 bridgehead atoms. The zero-order valence-electron chi connectivity index (χ0n) is 12.4. The summed E-state index contributed by atoms with van der Waals surface area (Å²) in [6.45, 7) is 3.46. The van der Waals surface area contributed by atoms with E-state index in [0.717, 1.165) is 48.1 Å². The molecule has 0 aliphatic carbocycles. The summed E-state index contributed by atoms with van der Waals surface area (Å²) >= 11 is 3.43. The van der Waals surface area contributed by atoms with Gasteiger partial charge >= 0.3 is 0 Å². The van der Waals surface area contributed by atoms with Crippen LogP contribution in [0.25, 0.3) is 5.65 Å². The van der Waals surface area contributed by atoms with E-state index in [9.17, 15) is 0 Å². The summed E-state index contributed by atoms with van der Waals surface area (Å²) in [4.78, 5) is 11.1. The van der Waals surface area contributed by atoms with Crippen molar-refractivity contribution in [2.24, 2.45) is 0 Å². The molecular weight excluding hydrogens is 358 g/mol. The first-order chi connectivity index (χ1) is 11.3. The van der Waals surface area contributed by atoms with Crippen molar-refractivity contribution >= 4 is 38.8 Å². The lowest BCUT2D eigenvalue weighted by Crippen LogP contribution is -2.36. The van der Waals surface area contributed by atoms with E-state index in [0.29, 0.717) is 0 Å². The molecule has 0 spiro atoms. The SMILES string of the molecule is Brc1cn2ccnc2c(Nc2ccc(N3CCOCC3)cc2)n1. The van der Waals surface area contributed by atoms with Crippen LogP contribution in [-0.2, 0) is 4.74 Å². The van der Waals surface area contributed by atoms with Gasteiger partial charge in [-0.25, -0.2) is 9.97 Å². The van der Waals surface area contributed by atoms with Crippen molar-refractivity contribution in [1.29, 1.82) is 0 Å². The molecule has 0 unspecified atom stereocenters. The second kappa shape index (κ2) is 6.17. The topological polar surface area (TPSA) is 54.7 Å². The minimum Gasteiger partial charge on any atom is -0.378 e. The Morgan fingerprint density at radius 3 is 2.70 bits per heavy atom. The van der Waals surface area contributed by atoms with Crippen LogP contribution < -0.4 is 10.2 Å². The fourth-order valence-corrected chi connectivity index (χ4v) is 3.10. The van der Waals surface area contributed by atoms with Crippen LogP contribution in [0.4, 0.5) is 17.2 Å². The summed E-state index contributed by atoms with van der Waals surface area (Å²) in [5.74, 6) is 0.725. The van der Waals surface area contributed by atoms with Crippen molar-refractivity contribution in [2.45, 2.75) is 0 Å². The number of aromatic nitrogens is 3. The second-order valence-corrected chi connectivity index (χ2v) is 6.15. The third-order valence-corrected chi connectivity index (χ3v) is 4.23. The Morgan fingerprint density at radius 1 is 1.13 bits per heavy atom. The standard InChI is InChI=1S/C16H16BrN5O/c17-14-11-22-6-5-18-16(22)15(20-14)19-12-1-3-13(4-2-12)21-7-9-23-10-8-21/h1-6,11H,7-10H2,(H,19,20). The molecular formula is C16H16BrN5O. The van der Waals surface area contributed by atoms with Gasteiger partial charge in [0, 0.05) is 43.1 Å². The first kappa shape index (κ1) is 14.5. The molecule has 3 heterocycles. The van der Waals surface area contributed by atoms with E-state index in [4.69, 9.17) is 4.74 Å². The second-order valence-electron chi connectivity index (χ2n) is 5.34. The molecule has 1 fully saturated rings. The van der Waals surface area contributed by atoms with Gasteiger partial charge in [-0.05, 0) is 40.2 Å². The lowest BCUT2D eigenvalue weighted by molar-refractivity contribution is 0.122. The number of halogens is 1. The Bertz CT molecular complexity index is 811. The molecule has 1 aliphatic rings. The Hall–Kier alpha value is -2.12. The van der Waals surface area contributed by atoms with Crippen molar-refractivity contribution in [3.05, 3.63) is 47.5 Å². The molecule has 2 aromatic heterocycles. The number of rotatable bonds is 3. The van der Waals surface area contributed by atoms with Gasteiger partial charge in [-0.3, -0.25) is 0 Å². The zero-order valence-corrected chi connectivity index (χ0v) is 14.0. The van der Waals surface area contributed by atoms with Gasteiger partial charge in [0.15, 0.2) is 11.5 Å². The fourth-order valence-electron chi connectivity index (χ4n) is 2.70. The maximum Gasteiger partial charge on any atom is 0.180 e. The van der Waals surface area contributed by atoms with Crippen LogP contribution in [0.5, 0.6) is 0 Å². The molecule has 1 saturated heterocycles. The van der Waals surface area contributed by atoms with Crippen LogP contribution in [0, 0.1) is 0 Å². The monoisotopic (exact) mass is 373 g/mol. The minimum atomic E-state index is 0.725. The molecule has 23 heavy (non-hydrogen) atoms. The van der Waals surface area contributed by atoms with Crippen LogP contribution in [0.3, 0.4) is 0 Å². The number of nitrogens with one attached hydrogen (secondary N) is 1. The highest BCUT2D eigenvalue weighted by Gasteiger charge is 2.11. The van der Waals surface area contributed by atoms with Gasteiger partial charge in [-0.15, -0.1) is 0 Å². The van der Waals surface area contributed by atoms with Gasteiger partial charge in [0.1, 0.15) is 4.60 Å². The number of ether oxygens (including phenoxy) is 1. The highest BCUT2D eigenvalue weighted by Crippen LogP contribution is 2.24. The van der Waals surface area contributed by atoms with Crippen LogP contribution >= 0.6 is 15.9 Å². The lowest BCUT2D eigenvalue weighted by atomic mass is 10.2. The fraction of sp³-hybridized carbons (Fsp3) is 0.250. The van der Waals surface area contributed by atoms with E-state index in [-0.39, 0.29) is 0 Å². The molecule has 0 atom stereocenters. The Kier molecular flexibility index (Phi) is 3.88. The van der Waals surface area contributed by atoms with Crippen molar-refractivity contribution in [3.8, 4) is 0 Å². The van der Waals surface area contributed by atoms with Crippen LogP contribution in [0.1, 0.15) is 0 Å². The number of nitrogens with zero attached hydrogens (tertiary/aromatic N) is 4. The first-order valence-electron chi connectivity index (χ1n) is 7.48. The minimum absolute atomic E-state index is 0.725. The molecule has 4 rings (SSSR count). The average molecular weight is 374 g/mol. The highest BCUT2D eigenvalue weighted by molar-refractivity contribution is 9.10. The van der Waals surface area contributed by atoms with Gasteiger partial charge in [0.25, 0.3) is 0 Å². The van der Waals surface area contributed by atoms with E-state index >= 15 is 0 Å². The van der Waals surface area contributed by atoms with E-state index in [1.165, 1.54) is 5.69 Å². The summed E-state index contributed by atoms with van der Waals surface area (Å²) in [7, 11) is 0. The maximum atomic E-state index is 5.39. The Balaban J connectivity index is 1.57. The van der Waals surface area contributed by atoms with Crippen molar-refractivity contribution in [3.63, 3.8) is 0 Å². The van der Waals surface area contributed by atoms with E-state index in [2.05, 4.69) is 60.4 Å². The van der Waals surface area contributed by atoms with Crippen molar-refractivity contribution < 1.29 is 4.74 Å². The quantitative estimate of drug-likeness (QED) is 0.764. The molecule has 1 aliphatic heterocycles. The molecule has 1 aromatic carbocycles. The Labute approximate surface area is 142 Å². The molecule has 0 saturated carbocycles. The summed E-state index contributed by atoms with van der Waals surface area (Å²) in [5.41, 5.74) is 3.00. The highest BCUT2D eigenvalue weighted by atomic mass is 79.9. The van der Waals surface area contributed by atoms with E-state index < -0.39 is 0 Å². The molecule has 0 amide bonds. The van der Waals surface area contributed by atoms with E-state index in [1.807, 2.05) is 16.8 Å². The molecule has 0 radical (unpaired) electrons. The number of imidazole rings is 1. The number of anilines is 3. The van der Waals surface area contributed by atoms with Gasteiger partial charge in [-0.2, -0.15) is 0 Å². The maximum absolute atomic E-state index is 5.39.